The van der Waals surface area contributed by atoms with Crippen molar-refractivity contribution in [1.82, 2.24) is 9.78 Å². The molecule has 1 atom stereocenters. The van der Waals surface area contributed by atoms with E-state index < -0.39 is 0 Å². The topological polar surface area (TPSA) is 60.9 Å². The van der Waals surface area contributed by atoms with Crippen LogP contribution in [0.3, 0.4) is 0 Å². The highest BCUT2D eigenvalue weighted by Gasteiger charge is 2.14. The van der Waals surface area contributed by atoms with Crippen molar-refractivity contribution in [2.75, 3.05) is 6.54 Å². The zero-order valence-corrected chi connectivity index (χ0v) is 9.66. The normalized spacial score (nSPS) is 12.8. The van der Waals surface area contributed by atoms with E-state index in [2.05, 4.69) is 5.10 Å². The van der Waals surface area contributed by atoms with Crippen LogP contribution in [-0.4, -0.2) is 22.1 Å². The number of rotatable bonds is 5. The first-order valence-corrected chi connectivity index (χ1v) is 5.34. The lowest BCUT2D eigenvalue weighted by molar-refractivity contribution is -0.121. The zero-order chi connectivity index (χ0) is 11.4. The number of carbonyl (C=O) groups is 1. The monoisotopic (exact) mass is 209 g/mol. The van der Waals surface area contributed by atoms with Crippen molar-refractivity contribution in [2.24, 2.45) is 11.7 Å². The van der Waals surface area contributed by atoms with Gasteiger partial charge in [0.25, 0.3) is 0 Å². The molecule has 0 radical (unpaired) electrons. The van der Waals surface area contributed by atoms with Crippen molar-refractivity contribution in [1.29, 1.82) is 0 Å². The Bertz CT molecular complexity index is 344. The minimum atomic E-state index is -0.0643. The maximum atomic E-state index is 11.7. The minimum Gasteiger partial charge on any atom is -0.330 e. The second-order valence-corrected chi connectivity index (χ2v) is 3.87. The Morgan fingerprint density at radius 1 is 1.67 bits per heavy atom. The number of aromatic nitrogens is 2. The van der Waals surface area contributed by atoms with Crippen LogP contribution in [0.5, 0.6) is 0 Å². The number of hydrogen-bond donors (Lipinski definition) is 1. The quantitative estimate of drug-likeness (QED) is 0.784. The molecule has 0 spiro atoms. The van der Waals surface area contributed by atoms with Gasteiger partial charge in [0.05, 0.1) is 5.69 Å². The molecule has 1 aromatic rings. The van der Waals surface area contributed by atoms with Crippen LogP contribution in [0.25, 0.3) is 0 Å². The summed E-state index contributed by atoms with van der Waals surface area (Å²) in [7, 11) is 0. The first-order chi connectivity index (χ1) is 7.08. The summed E-state index contributed by atoms with van der Waals surface area (Å²) in [6, 6.07) is 1.96. The third-order valence-electron chi connectivity index (χ3n) is 2.54. The molecule has 0 aromatic carbocycles. The molecule has 2 N–H and O–H groups in total. The number of aryl methyl sites for hydroxylation is 2. The summed E-state index contributed by atoms with van der Waals surface area (Å²) in [6.07, 6.45) is 0.438. The number of hydrogen-bond acceptors (Lipinski definition) is 3. The highest BCUT2D eigenvalue weighted by atomic mass is 16.1. The van der Waals surface area contributed by atoms with E-state index in [4.69, 9.17) is 5.73 Å². The summed E-state index contributed by atoms with van der Waals surface area (Å²) in [5, 5.41) is 4.30. The van der Waals surface area contributed by atoms with E-state index >= 15 is 0 Å². The Morgan fingerprint density at radius 3 is 2.87 bits per heavy atom. The van der Waals surface area contributed by atoms with E-state index in [1.165, 1.54) is 0 Å². The molecular weight excluding hydrogens is 190 g/mol. The zero-order valence-electron chi connectivity index (χ0n) is 9.66. The molecular formula is C11H19N3O. The highest BCUT2D eigenvalue weighted by Crippen LogP contribution is 2.08. The molecule has 0 amide bonds. The van der Waals surface area contributed by atoms with Gasteiger partial charge >= 0.3 is 0 Å². The maximum Gasteiger partial charge on any atom is 0.142 e. The standard InChI is InChI=1S/C11H19N3O/c1-4-14-10(5-9(3)13-14)6-11(15)8(2)7-12/h5,8H,4,6-7,12H2,1-3H3. The summed E-state index contributed by atoms with van der Waals surface area (Å²) < 4.78 is 1.87. The van der Waals surface area contributed by atoms with Crippen molar-refractivity contribution < 1.29 is 4.79 Å². The summed E-state index contributed by atoms with van der Waals surface area (Å²) in [6.45, 7) is 7.03. The third kappa shape index (κ3) is 2.89. The van der Waals surface area contributed by atoms with Crippen LogP contribution >= 0.6 is 0 Å². The average molecular weight is 209 g/mol. The molecule has 1 rings (SSSR count). The van der Waals surface area contributed by atoms with Gasteiger partial charge in [-0.2, -0.15) is 5.10 Å². The molecule has 1 heterocycles. The Kier molecular flexibility index (Phi) is 4.03. The van der Waals surface area contributed by atoms with Crippen LogP contribution in [0.2, 0.25) is 0 Å². The Morgan fingerprint density at radius 2 is 2.33 bits per heavy atom. The molecule has 0 saturated carbocycles. The van der Waals surface area contributed by atoms with Crippen LogP contribution in [-0.2, 0) is 17.8 Å². The van der Waals surface area contributed by atoms with Gasteiger partial charge in [-0.25, -0.2) is 0 Å². The van der Waals surface area contributed by atoms with E-state index in [9.17, 15) is 4.79 Å². The second kappa shape index (κ2) is 5.07. The van der Waals surface area contributed by atoms with E-state index in [1.54, 1.807) is 0 Å². The third-order valence-corrected chi connectivity index (χ3v) is 2.54. The molecule has 15 heavy (non-hydrogen) atoms. The Labute approximate surface area is 90.5 Å². The summed E-state index contributed by atoms with van der Waals surface area (Å²) in [5.41, 5.74) is 7.40. The molecule has 0 bridgehead atoms. The number of ketones is 1. The predicted molar refractivity (Wildman–Crippen MR) is 59.6 cm³/mol. The van der Waals surface area contributed by atoms with Crippen LogP contribution in [0, 0.1) is 12.8 Å². The molecule has 1 aromatic heterocycles. The van der Waals surface area contributed by atoms with Crippen LogP contribution in [0.4, 0.5) is 0 Å². The number of Topliss-reactive ketones (excluding diaryl/α,β-unsaturated/α-hetero) is 1. The fourth-order valence-electron chi connectivity index (χ4n) is 1.50. The van der Waals surface area contributed by atoms with Crippen LogP contribution in [0.1, 0.15) is 25.2 Å². The van der Waals surface area contributed by atoms with Gasteiger partial charge in [-0.05, 0) is 19.9 Å². The second-order valence-electron chi connectivity index (χ2n) is 3.87. The summed E-state index contributed by atoms with van der Waals surface area (Å²) in [5.74, 6) is 0.123. The molecule has 0 aliphatic heterocycles. The fourth-order valence-corrected chi connectivity index (χ4v) is 1.50. The van der Waals surface area contributed by atoms with Gasteiger partial charge in [-0.1, -0.05) is 6.92 Å². The van der Waals surface area contributed by atoms with E-state index in [-0.39, 0.29) is 11.7 Å². The molecule has 0 aliphatic rings. The molecule has 4 heteroatoms. The fraction of sp³-hybridized carbons (Fsp3) is 0.636. The molecule has 0 fully saturated rings. The van der Waals surface area contributed by atoms with Crippen molar-refractivity contribution in [3.8, 4) is 0 Å². The van der Waals surface area contributed by atoms with E-state index in [0.29, 0.717) is 13.0 Å². The first kappa shape index (κ1) is 11.9. The van der Waals surface area contributed by atoms with Crippen LogP contribution in [0.15, 0.2) is 6.07 Å². The largest absolute Gasteiger partial charge is 0.330 e. The Hall–Kier alpha value is -1.16. The van der Waals surface area contributed by atoms with Crippen LogP contribution < -0.4 is 5.73 Å². The van der Waals surface area contributed by atoms with Gasteiger partial charge in [0, 0.05) is 31.1 Å². The summed E-state index contributed by atoms with van der Waals surface area (Å²) in [4.78, 5) is 11.7. The highest BCUT2D eigenvalue weighted by molar-refractivity contribution is 5.82. The van der Waals surface area contributed by atoms with Gasteiger partial charge in [0.1, 0.15) is 5.78 Å². The van der Waals surface area contributed by atoms with Gasteiger partial charge in [-0.15, -0.1) is 0 Å². The lowest BCUT2D eigenvalue weighted by Gasteiger charge is -2.08. The minimum absolute atomic E-state index is 0.0643. The first-order valence-electron chi connectivity index (χ1n) is 5.34. The number of carbonyl (C=O) groups excluding carboxylic acids is 1. The van der Waals surface area contributed by atoms with E-state index in [1.807, 2.05) is 31.5 Å². The molecule has 84 valence electrons. The average Bonchev–Trinajstić information content (AvgIpc) is 2.57. The van der Waals surface area contributed by atoms with E-state index in [0.717, 1.165) is 17.9 Å². The molecule has 0 saturated heterocycles. The van der Waals surface area contributed by atoms with Crippen molar-refractivity contribution >= 4 is 5.78 Å². The predicted octanol–water partition coefficient (Wildman–Crippen LogP) is 0.918. The molecule has 0 aliphatic carbocycles. The van der Waals surface area contributed by atoms with Crippen molar-refractivity contribution in [3.05, 3.63) is 17.5 Å². The van der Waals surface area contributed by atoms with Gasteiger partial charge < -0.3 is 5.73 Å². The number of nitrogens with zero attached hydrogens (tertiary/aromatic N) is 2. The number of nitrogens with two attached hydrogens (primary N) is 1. The van der Waals surface area contributed by atoms with Gasteiger partial charge in [0.15, 0.2) is 0 Å². The lowest BCUT2D eigenvalue weighted by atomic mass is 10.0. The Balaban J connectivity index is 2.75. The smallest absolute Gasteiger partial charge is 0.142 e. The van der Waals surface area contributed by atoms with Gasteiger partial charge in [0.2, 0.25) is 0 Å². The lowest BCUT2D eigenvalue weighted by Crippen LogP contribution is -2.23. The van der Waals surface area contributed by atoms with Crippen molar-refractivity contribution in [2.45, 2.75) is 33.7 Å². The van der Waals surface area contributed by atoms with Crippen molar-refractivity contribution in [3.63, 3.8) is 0 Å². The molecule has 4 nitrogen and oxygen atoms in total. The van der Waals surface area contributed by atoms with Gasteiger partial charge in [-0.3, -0.25) is 9.48 Å². The SMILES string of the molecule is CCn1nc(C)cc1CC(=O)C(C)CN. The molecule has 1 unspecified atom stereocenters. The maximum absolute atomic E-state index is 11.7. The summed E-state index contributed by atoms with van der Waals surface area (Å²) >= 11 is 0.